The van der Waals surface area contributed by atoms with Gasteiger partial charge in [0.25, 0.3) is 0 Å². The van der Waals surface area contributed by atoms with Crippen molar-refractivity contribution < 1.29 is 4.39 Å². The predicted octanol–water partition coefficient (Wildman–Crippen LogP) is 6.90. The maximum Gasteiger partial charge on any atom is 0.0991 e. The molecule has 0 N–H and O–H groups in total. The highest BCUT2D eigenvalue weighted by Gasteiger charge is 2.24. The highest BCUT2D eigenvalue weighted by atomic mass is 19.1. The smallest absolute Gasteiger partial charge is 0.0991 e. The standard InChI is InChI=1S/C23H30FN/c24-16-15-20-5-3-18(4-6-20)1-2-19-7-11-22(12-8-19)23-13-9-21(17-25)10-14-23/h9-10,13-16,18-20,22H,1-8,11-12H2/t18-,19-,20-,22-. The van der Waals surface area contributed by atoms with Crippen molar-refractivity contribution in [2.24, 2.45) is 17.8 Å². The van der Waals surface area contributed by atoms with Crippen LogP contribution < -0.4 is 0 Å². The predicted molar refractivity (Wildman–Crippen MR) is 101 cm³/mol. The van der Waals surface area contributed by atoms with Crippen molar-refractivity contribution in [3.05, 3.63) is 47.8 Å². The van der Waals surface area contributed by atoms with Gasteiger partial charge in [0.1, 0.15) is 0 Å². The van der Waals surface area contributed by atoms with Crippen LogP contribution in [0.5, 0.6) is 0 Å². The molecule has 0 saturated heterocycles. The summed E-state index contributed by atoms with van der Waals surface area (Å²) in [5.41, 5.74) is 2.17. The molecule has 0 radical (unpaired) electrons. The molecule has 2 fully saturated rings. The Bertz CT molecular complexity index is 582. The number of rotatable bonds is 5. The van der Waals surface area contributed by atoms with Crippen LogP contribution in [0.25, 0.3) is 0 Å². The van der Waals surface area contributed by atoms with Crippen molar-refractivity contribution in [2.75, 3.05) is 0 Å². The average molecular weight is 339 g/mol. The van der Waals surface area contributed by atoms with Crippen LogP contribution in [0.15, 0.2) is 36.7 Å². The van der Waals surface area contributed by atoms with Crippen LogP contribution in [-0.2, 0) is 0 Å². The number of benzene rings is 1. The fraction of sp³-hybridized carbons (Fsp3) is 0.609. The Labute approximate surface area is 151 Å². The zero-order valence-electron chi connectivity index (χ0n) is 15.2. The molecule has 0 spiro atoms. The lowest BCUT2D eigenvalue weighted by Gasteiger charge is -2.31. The fourth-order valence-electron chi connectivity index (χ4n) is 4.86. The summed E-state index contributed by atoms with van der Waals surface area (Å²) in [7, 11) is 0. The van der Waals surface area contributed by atoms with E-state index in [0.717, 1.165) is 23.7 Å². The van der Waals surface area contributed by atoms with Gasteiger partial charge < -0.3 is 0 Å². The van der Waals surface area contributed by atoms with E-state index < -0.39 is 0 Å². The van der Waals surface area contributed by atoms with Crippen LogP contribution in [0.4, 0.5) is 4.39 Å². The summed E-state index contributed by atoms with van der Waals surface area (Å²) in [6.45, 7) is 0. The molecule has 2 heteroatoms. The molecule has 3 rings (SSSR count). The second kappa shape index (κ2) is 9.18. The zero-order valence-corrected chi connectivity index (χ0v) is 15.2. The molecule has 0 aromatic heterocycles. The van der Waals surface area contributed by atoms with Crippen molar-refractivity contribution in [1.82, 2.24) is 0 Å². The summed E-state index contributed by atoms with van der Waals surface area (Å²) in [5, 5.41) is 8.91. The number of nitriles is 1. The monoisotopic (exact) mass is 339 g/mol. The number of halogens is 1. The zero-order chi connectivity index (χ0) is 17.5. The van der Waals surface area contributed by atoms with Crippen LogP contribution in [-0.4, -0.2) is 0 Å². The molecule has 2 aliphatic carbocycles. The van der Waals surface area contributed by atoms with Crippen LogP contribution >= 0.6 is 0 Å². The van der Waals surface area contributed by atoms with Crippen molar-refractivity contribution in [3.8, 4) is 6.07 Å². The third-order valence-electron chi connectivity index (χ3n) is 6.58. The van der Waals surface area contributed by atoms with Gasteiger partial charge >= 0.3 is 0 Å². The largest absolute Gasteiger partial charge is 0.216 e. The van der Waals surface area contributed by atoms with Gasteiger partial charge in [0.2, 0.25) is 0 Å². The van der Waals surface area contributed by atoms with E-state index in [2.05, 4.69) is 18.2 Å². The molecule has 1 aromatic rings. The number of nitrogens with zero attached hydrogens (tertiary/aromatic N) is 1. The minimum Gasteiger partial charge on any atom is -0.216 e. The third kappa shape index (κ3) is 5.18. The van der Waals surface area contributed by atoms with Crippen LogP contribution in [0, 0.1) is 29.1 Å². The second-order valence-corrected chi connectivity index (χ2v) is 8.13. The van der Waals surface area contributed by atoms with Gasteiger partial charge in [-0.1, -0.05) is 31.1 Å². The highest BCUT2D eigenvalue weighted by molar-refractivity contribution is 5.33. The number of hydrogen-bond donors (Lipinski definition) is 0. The second-order valence-electron chi connectivity index (χ2n) is 8.13. The summed E-state index contributed by atoms with van der Waals surface area (Å²) in [6, 6.07) is 10.4. The Morgan fingerprint density at radius 1 is 0.880 bits per heavy atom. The van der Waals surface area contributed by atoms with Gasteiger partial charge in [-0.2, -0.15) is 5.26 Å². The molecule has 1 nitrogen and oxygen atoms in total. The first-order chi connectivity index (χ1) is 12.3. The Balaban J connectivity index is 1.37. The maximum absolute atomic E-state index is 12.3. The van der Waals surface area contributed by atoms with E-state index in [0.29, 0.717) is 11.8 Å². The van der Waals surface area contributed by atoms with Crippen molar-refractivity contribution in [2.45, 2.75) is 70.1 Å². The summed E-state index contributed by atoms with van der Waals surface area (Å²) in [5.74, 6) is 2.95. The number of hydrogen-bond acceptors (Lipinski definition) is 1. The molecule has 2 aliphatic rings. The van der Waals surface area contributed by atoms with E-state index in [-0.39, 0.29) is 0 Å². The highest BCUT2D eigenvalue weighted by Crippen LogP contribution is 2.39. The molecule has 0 unspecified atom stereocenters. The molecule has 0 amide bonds. The van der Waals surface area contributed by atoms with Gasteiger partial charge in [0.15, 0.2) is 0 Å². The minimum absolute atomic E-state index is 0.490. The van der Waals surface area contributed by atoms with Crippen LogP contribution in [0.3, 0.4) is 0 Å². The Hall–Kier alpha value is -1.62. The lowest BCUT2D eigenvalue weighted by molar-refractivity contribution is 0.245. The first kappa shape index (κ1) is 18.2. The lowest BCUT2D eigenvalue weighted by atomic mass is 9.74. The molecule has 134 valence electrons. The van der Waals surface area contributed by atoms with Crippen molar-refractivity contribution in [3.63, 3.8) is 0 Å². The van der Waals surface area contributed by atoms with E-state index in [9.17, 15) is 4.39 Å². The average Bonchev–Trinajstić information content (AvgIpc) is 2.68. The summed E-state index contributed by atoms with van der Waals surface area (Å²) in [4.78, 5) is 0. The van der Waals surface area contributed by atoms with Gasteiger partial charge in [0, 0.05) is 0 Å². The summed E-state index contributed by atoms with van der Waals surface area (Å²) in [6.07, 6.45) is 15.5. The van der Waals surface area contributed by atoms with Crippen molar-refractivity contribution in [1.29, 1.82) is 5.26 Å². The van der Waals surface area contributed by atoms with E-state index >= 15 is 0 Å². The molecule has 25 heavy (non-hydrogen) atoms. The van der Waals surface area contributed by atoms with E-state index in [1.165, 1.54) is 69.8 Å². The molecular formula is C23H30FN. The molecular weight excluding hydrogens is 309 g/mol. The Kier molecular flexibility index (Phi) is 6.68. The van der Waals surface area contributed by atoms with Gasteiger partial charge in [0.05, 0.1) is 18.0 Å². The normalized spacial score (nSPS) is 30.2. The summed E-state index contributed by atoms with van der Waals surface area (Å²) < 4.78 is 12.3. The van der Waals surface area contributed by atoms with E-state index in [4.69, 9.17) is 5.26 Å². The molecule has 2 saturated carbocycles. The third-order valence-corrected chi connectivity index (χ3v) is 6.58. The SMILES string of the molecule is N#Cc1ccc([C@H]2CC[C@H](CC[C@H]3CC[C@H](C=CF)CC3)CC2)cc1. The van der Waals surface area contributed by atoms with Gasteiger partial charge in [-0.15, -0.1) is 0 Å². The van der Waals surface area contributed by atoms with E-state index in [1.807, 2.05) is 12.1 Å². The van der Waals surface area contributed by atoms with Crippen LogP contribution in [0.1, 0.15) is 81.3 Å². The molecule has 0 bridgehead atoms. The maximum atomic E-state index is 12.3. The molecule has 1 aromatic carbocycles. The van der Waals surface area contributed by atoms with E-state index in [1.54, 1.807) is 6.08 Å². The van der Waals surface area contributed by atoms with Crippen LogP contribution in [0.2, 0.25) is 0 Å². The molecule has 0 atom stereocenters. The quantitative estimate of drug-likeness (QED) is 0.572. The molecule has 0 heterocycles. The fourth-order valence-corrected chi connectivity index (χ4v) is 4.86. The van der Waals surface area contributed by atoms with Gasteiger partial charge in [-0.3, -0.25) is 0 Å². The minimum atomic E-state index is 0.490. The summed E-state index contributed by atoms with van der Waals surface area (Å²) >= 11 is 0. The Morgan fingerprint density at radius 3 is 1.96 bits per heavy atom. The van der Waals surface area contributed by atoms with Gasteiger partial charge in [-0.05, 0) is 92.7 Å². The topological polar surface area (TPSA) is 23.8 Å². The van der Waals surface area contributed by atoms with Crippen molar-refractivity contribution >= 4 is 0 Å². The first-order valence-electron chi connectivity index (χ1n) is 10.1. The number of allylic oxidation sites excluding steroid dienone is 1. The lowest BCUT2D eigenvalue weighted by Crippen LogP contribution is -2.17. The molecule has 0 aliphatic heterocycles. The first-order valence-corrected chi connectivity index (χ1v) is 10.1. The van der Waals surface area contributed by atoms with Gasteiger partial charge in [-0.25, -0.2) is 4.39 Å². The Morgan fingerprint density at radius 2 is 1.44 bits per heavy atom.